The zero-order valence-corrected chi connectivity index (χ0v) is 30.3. The molecule has 56 heavy (non-hydrogen) atoms. The number of furan rings is 1. The number of aromatic nitrogens is 3. The molecular formula is C52H33N3O. The fraction of sp³-hybridized carbons (Fsp3) is 0. The number of para-hydroxylation sites is 1. The molecule has 0 aliphatic rings. The van der Waals surface area contributed by atoms with Crippen LogP contribution >= 0.6 is 0 Å². The smallest absolute Gasteiger partial charge is 0.168 e. The Hall–Kier alpha value is -7.56. The largest absolute Gasteiger partial charge is 0.455 e. The van der Waals surface area contributed by atoms with E-state index >= 15 is 0 Å². The van der Waals surface area contributed by atoms with Gasteiger partial charge in [-0.2, -0.15) is 0 Å². The summed E-state index contributed by atoms with van der Waals surface area (Å²) in [4.78, 5) is 0. The van der Waals surface area contributed by atoms with Gasteiger partial charge in [0.15, 0.2) is 11.6 Å². The molecule has 9 aromatic carbocycles. The van der Waals surface area contributed by atoms with Gasteiger partial charge < -0.3 is 4.42 Å². The molecule has 0 atom stereocenters. The van der Waals surface area contributed by atoms with E-state index in [1.165, 1.54) is 27.1 Å². The van der Waals surface area contributed by atoms with E-state index in [1.807, 2.05) is 36.4 Å². The number of hydrogen-bond donors (Lipinski definition) is 0. The Bertz CT molecular complexity index is 3230. The van der Waals surface area contributed by atoms with E-state index < -0.39 is 0 Å². The van der Waals surface area contributed by atoms with Crippen LogP contribution in [0.25, 0.3) is 105 Å². The first-order valence-corrected chi connectivity index (χ1v) is 18.9. The van der Waals surface area contributed by atoms with Gasteiger partial charge in [-0.1, -0.05) is 152 Å². The van der Waals surface area contributed by atoms with Crippen LogP contribution in [0.15, 0.2) is 205 Å². The summed E-state index contributed by atoms with van der Waals surface area (Å²) >= 11 is 0. The van der Waals surface area contributed by atoms with E-state index in [0.29, 0.717) is 0 Å². The second-order valence-electron chi connectivity index (χ2n) is 14.3. The maximum absolute atomic E-state index is 6.78. The molecule has 262 valence electrons. The van der Waals surface area contributed by atoms with Gasteiger partial charge in [0.2, 0.25) is 0 Å². The van der Waals surface area contributed by atoms with E-state index in [-0.39, 0.29) is 0 Å². The van der Waals surface area contributed by atoms with Crippen molar-refractivity contribution in [1.29, 1.82) is 0 Å². The van der Waals surface area contributed by atoms with E-state index in [1.54, 1.807) is 0 Å². The SMILES string of the molecule is c1ccc(-c2nnc(-c3ccc(-c4cc(-c5ccc6ccccc6c5)cc5c4oc4ccc(-c6ccc7ccccc7c6)cc45)cc3)n2-c2ccccc2)cc1. The third-order valence-electron chi connectivity index (χ3n) is 10.9. The standard InChI is InChI=1S/C52H33N3O/c1-3-13-37(14-4-1)51-53-54-52(55(51)45-17-5-2-6-18-45)38-23-21-36(22-24-38)46-32-44(42-26-20-35-12-8-10-16-40(35)30-42)33-48-47-31-43(27-28-49(47)56-50(46)48)41-25-19-34-11-7-9-15-39(34)29-41/h1-33H. The van der Waals surface area contributed by atoms with Crippen molar-refractivity contribution in [3.05, 3.63) is 200 Å². The molecule has 0 saturated carbocycles. The third kappa shape index (κ3) is 5.47. The van der Waals surface area contributed by atoms with Gasteiger partial charge in [-0.05, 0) is 97.9 Å². The average molecular weight is 716 g/mol. The molecule has 0 spiro atoms. The van der Waals surface area contributed by atoms with E-state index in [4.69, 9.17) is 14.6 Å². The lowest BCUT2D eigenvalue weighted by atomic mass is 9.93. The Morgan fingerprint density at radius 3 is 1.48 bits per heavy atom. The van der Waals surface area contributed by atoms with Gasteiger partial charge in [0, 0.05) is 33.2 Å². The highest BCUT2D eigenvalue weighted by Gasteiger charge is 2.20. The molecular weight excluding hydrogens is 683 g/mol. The number of benzene rings is 9. The van der Waals surface area contributed by atoms with E-state index in [0.717, 1.165) is 78.2 Å². The molecule has 0 amide bonds. The molecule has 4 heteroatoms. The minimum atomic E-state index is 0.779. The third-order valence-corrected chi connectivity index (χ3v) is 10.9. The van der Waals surface area contributed by atoms with Crippen molar-refractivity contribution in [3.63, 3.8) is 0 Å². The molecule has 4 nitrogen and oxygen atoms in total. The van der Waals surface area contributed by atoms with Gasteiger partial charge in [-0.25, -0.2) is 0 Å². The maximum atomic E-state index is 6.78. The highest BCUT2D eigenvalue weighted by atomic mass is 16.3. The molecule has 0 bridgehead atoms. The summed E-state index contributed by atoms with van der Waals surface area (Å²) in [6.07, 6.45) is 0. The van der Waals surface area contributed by atoms with Crippen molar-refractivity contribution in [2.45, 2.75) is 0 Å². The molecule has 0 saturated heterocycles. The fourth-order valence-electron chi connectivity index (χ4n) is 8.04. The molecule has 0 unspecified atom stereocenters. The quantitative estimate of drug-likeness (QED) is 0.172. The second kappa shape index (κ2) is 13.1. The molecule has 0 N–H and O–H groups in total. The predicted molar refractivity (Wildman–Crippen MR) is 231 cm³/mol. The first-order chi connectivity index (χ1) is 27.7. The molecule has 2 heterocycles. The van der Waals surface area contributed by atoms with Crippen molar-refractivity contribution in [2.24, 2.45) is 0 Å². The monoisotopic (exact) mass is 715 g/mol. The molecule has 0 aliphatic carbocycles. The van der Waals surface area contributed by atoms with Crippen LogP contribution in [-0.4, -0.2) is 14.8 Å². The highest BCUT2D eigenvalue weighted by molar-refractivity contribution is 6.12. The Kier molecular flexibility index (Phi) is 7.46. The van der Waals surface area contributed by atoms with Gasteiger partial charge in [-0.3, -0.25) is 4.57 Å². The van der Waals surface area contributed by atoms with Crippen molar-refractivity contribution in [1.82, 2.24) is 14.8 Å². The van der Waals surface area contributed by atoms with Crippen molar-refractivity contribution >= 4 is 43.5 Å². The summed E-state index contributed by atoms with van der Waals surface area (Å²) in [6.45, 7) is 0. The summed E-state index contributed by atoms with van der Waals surface area (Å²) in [5, 5.41) is 16.5. The normalized spacial score (nSPS) is 11.6. The van der Waals surface area contributed by atoms with Crippen LogP contribution in [-0.2, 0) is 0 Å². The summed E-state index contributed by atoms with van der Waals surface area (Å²) in [7, 11) is 0. The molecule has 11 aromatic rings. The highest BCUT2D eigenvalue weighted by Crippen LogP contribution is 2.42. The first-order valence-electron chi connectivity index (χ1n) is 18.9. The van der Waals surface area contributed by atoms with Crippen LogP contribution in [0, 0.1) is 0 Å². The van der Waals surface area contributed by atoms with Gasteiger partial charge in [-0.15, -0.1) is 10.2 Å². The summed E-state index contributed by atoms with van der Waals surface area (Å²) in [5.74, 6) is 1.58. The molecule has 11 rings (SSSR count). The van der Waals surface area contributed by atoms with Crippen LogP contribution in [0.2, 0.25) is 0 Å². The minimum absolute atomic E-state index is 0.779. The van der Waals surface area contributed by atoms with Crippen molar-refractivity contribution < 1.29 is 4.42 Å². The lowest BCUT2D eigenvalue weighted by Crippen LogP contribution is -2.00. The van der Waals surface area contributed by atoms with Crippen LogP contribution in [0.1, 0.15) is 0 Å². The van der Waals surface area contributed by atoms with Crippen LogP contribution in [0.5, 0.6) is 0 Å². The molecule has 0 fully saturated rings. The zero-order chi connectivity index (χ0) is 37.0. The second-order valence-corrected chi connectivity index (χ2v) is 14.3. The number of hydrogen-bond acceptors (Lipinski definition) is 3. The first kappa shape index (κ1) is 31.9. The Labute approximate surface area is 323 Å². The van der Waals surface area contributed by atoms with Crippen molar-refractivity contribution in [2.75, 3.05) is 0 Å². The Balaban J connectivity index is 1.08. The predicted octanol–water partition coefficient (Wildman–Crippen LogP) is 13.8. The summed E-state index contributed by atoms with van der Waals surface area (Å²) in [6, 6.07) is 70.7. The van der Waals surface area contributed by atoms with Gasteiger partial charge in [0.1, 0.15) is 11.2 Å². The van der Waals surface area contributed by atoms with Gasteiger partial charge in [0.05, 0.1) is 0 Å². The number of rotatable bonds is 6. The fourth-order valence-corrected chi connectivity index (χ4v) is 8.04. The van der Waals surface area contributed by atoms with Crippen LogP contribution in [0.3, 0.4) is 0 Å². The van der Waals surface area contributed by atoms with Crippen LogP contribution < -0.4 is 0 Å². The number of nitrogens with zero attached hydrogens (tertiary/aromatic N) is 3. The minimum Gasteiger partial charge on any atom is -0.455 e. The maximum Gasteiger partial charge on any atom is 0.168 e. The lowest BCUT2D eigenvalue weighted by molar-refractivity contribution is 0.670. The molecule has 2 aromatic heterocycles. The van der Waals surface area contributed by atoms with Crippen molar-refractivity contribution in [3.8, 4) is 61.8 Å². The average Bonchev–Trinajstić information content (AvgIpc) is 3.89. The van der Waals surface area contributed by atoms with E-state index in [2.05, 4.69) is 168 Å². The Morgan fingerprint density at radius 1 is 0.339 bits per heavy atom. The van der Waals surface area contributed by atoms with Gasteiger partial charge in [0.25, 0.3) is 0 Å². The van der Waals surface area contributed by atoms with E-state index in [9.17, 15) is 0 Å². The summed E-state index contributed by atoms with van der Waals surface area (Å²) in [5.41, 5.74) is 11.4. The van der Waals surface area contributed by atoms with Crippen LogP contribution in [0.4, 0.5) is 0 Å². The zero-order valence-electron chi connectivity index (χ0n) is 30.3. The topological polar surface area (TPSA) is 43.9 Å². The lowest BCUT2D eigenvalue weighted by Gasteiger charge is -2.12. The summed E-state index contributed by atoms with van der Waals surface area (Å²) < 4.78 is 8.91. The Morgan fingerprint density at radius 2 is 0.821 bits per heavy atom. The molecule has 0 aliphatic heterocycles. The number of fused-ring (bicyclic) bond motifs is 5. The molecule has 0 radical (unpaired) electrons. The van der Waals surface area contributed by atoms with Gasteiger partial charge >= 0.3 is 0 Å².